The largest absolute Gasteiger partial charge is 0.399 e. The van der Waals surface area contributed by atoms with E-state index in [2.05, 4.69) is 28.4 Å². The molecular formula is C21H27N3O. The van der Waals surface area contributed by atoms with Crippen LogP contribution >= 0.6 is 0 Å². The van der Waals surface area contributed by atoms with Crippen LogP contribution in [0, 0.1) is 0 Å². The summed E-state index contributed by atoms with van der Waals surface area (Å²) in [5, 5.41) is 3.02. The summed E-state index contributed by atoms with van der Waals surface area (Å²) in [6.07, 6.45) is 5.26. The number of nitrogens with zero attached hydrogens (tertiary/aromatic N) is 1. The fourth-order valence-electron chi connectivity index (χ4n) is 3.38. The minimum Gasteiger partial charge on any atom is -0.399 e. The summed E-state index contributed by atoms with van der Waals surface area (Å²) in [6, 6.07) is 15.5. The van der Waals surface area contributed by atoms with Gasteiger partial charge in [0, 0.05) is 24.3 Å². The highest BCUT2D eigenvalue weighted by molar-refractivity contribution is 5.94. The molecule has 1 aliphatic heterocycles. The first kappa shape index (κ1) is 17.5. The van der Waals surface area contributed by atoms with Crippen LogP contribution in [0.25, 0.3) is 0 Å². The lowest BCUT2D eigenvalue weighted by Gasteiger charge is -2.21. The van der Waals surface area contributed by atoms with Gasteiger partial charge in [0.25, 0.3) is 5.91 Å². The van der Waals surface area contributed by atoms with E-state index in [-0.39, 0.29) is 5.91 Å². The van der Waals surface area contributed by atoms with E-state index < -0.39 is 0 Å². The van der Waals surface area contributed by atoms with E-state index >= 15 is 0 Å². The van der Waals surface area contributed by atoms with E-state index in [4.69, 9.17) is 5.73 Å². The molecule has 3 N–H and O–H groups in total. The molecule has 0 saturated carbocycles. The number of nitrogens with two attached hydrogens (primary N) is 1. The summed E-state index contributed by atoms with van der Waals surface area (Å²) < 4.78 is 0. The van der Waals surface area contributed by atoms with Gasteiger partial charge in [-0.05, 0) is 55.3 Å². The summed E-state index contributed by atoms with van der Waals surface area (Å²) in [6.45, 7) is 3.84. The quantitative estimate of drug-likeness (QED) is 0.820. The fourth-order valence-corrected chi connectivity index (χ4v) is 3.38. The van der Waals surface area contributed by atoms with Crippen LogP contribution in [0.2, 0.25) is 0 Å². The Bertz CT molecular complexity index is 706. The lowest BCUT2D eigenvalue weighted by atomic mass is 10.1. The minimum atomic E-state index is -0.0862. The molecule has 2 aromatic carbocycles. The molecule has 1 heterocycles. The Morgan fingerprint density at radius 3 is 2.40 bits per heavy atom. The molecular weight excluding hydrogens is 310 g/mol. The Morgan fingerprint density at radius 2 is 1.68 bits per heavy atom. The monoisotopic (exact) mass is 337 g/mol. The molecule has 0 radical (unpaired) electrons. The zero-order chi connectivity index (χ0) is 17.5. The van der Waals surface area contributed by atoms with Crippen LogP contribution in [0.1, 0.15) is 47.2 Å². The summed E-state index contributed by atoms with van der Waals surface area (Å²) >= 11 is 0. The molecule has 0 aliphatic carbocycles. The van der Waals surface area contributed by atoms with E-state index in [1.165, 1.54) is 49.9 Å². The van der Waals surface area contributed by atoms with Crippen LogP contribution in [0.5, 0.6) is 0 Å². The van der Waals surface area contributed by atoms with Gasteiger partial charge in [0.15, 0.2) is 0 Å². The molecule has 1 fully saturated rings. The Morgan fingerprint density at radius 1 is 0.960 bits per heavy atom. The van der Waals surface area contributed by atoms with Crippen molar-refractivity contribution >= 4 is 11.6 Å². The SMILES string of the molecule is Nc1cccc(C(=O)NCc2ccccc2CN2CCCCCC2)c1. The maximum Gasteiger partial charge on any atom is 0.251 e. The Labute approximate surface area is 150 Å². The second kappa shape index (κ2) is 8.67. The van der Waals surface area contributed by atoms with Crippen LogP contribution in [0.15, 0.2) is 48.5 Å². The summed E-state index contributed by atoms with van der Waals surface area (Å²) in [5.41, 5.74) is 9.45. The fraction of sp³-hybridized carbons (Fsp3) is 0.381. The average Bonchev–Trinajstić information content (AvgIpc) is 2.89. The normalized spacial score (nSPS) is 15.5. The molecule has 0 unspecified atom stereocenters. The summed E-state index contributed by atoms with van der Waals surface area (Å²) in [7, 11) is 0. The van der Waals surface area contributed by atoms with Gasteiger partial charge in [-0.2, -0.15) is 0 Å². The van der Waals surface area contributed by atoms with Crippen LogP contribution in [-0.4, -0.2) is 23.9 Å². The number of anilines is 1. The number of rotatable bonds is 5. The average molecular weight is 337 g/mol. The molecule has 0 spiro atoms. The van der Waals surface area contributed by atoms with Crippen molar-refractivity contribution in [3.05, 3.63) is 65.2 Å². The Hall–Kier alpha value is -2.33. The van der Waals surface area contributed by atoms with Crippen molar-refractivity contribution in [1.29, 1.82) is 0 Å². The van der Waals surface area contributed by atoms with Crippen molar-refractivity contribution in [1.82, 2.24) is 10.2 Å². The Kier molecular flexibility index (Phi) is 6.07. The van der Waals surface area contributed by atoms with E-state index in [0.717, 1.165) is 6.54 Å². The van der Waals surface area contributed by atoms with E-state index in [0.29, 0.717) is 17.8 Å². The van der Waals surface area contributed by atoms with Gasteiger partial charge < -0.3 is 11.1 Å². The topological polar surface area (TPSA) is 58.4 Å². The van der Waals surface area contributed by atoms with Gasteiger partial charge >= 0.3 is 0 Å². The van der Waals surface area contributed by atoms with E-state index in [9.17, 15) is 4.79 Å². The molecule has 4 nitrogen and oxygen atoms in total. The van der Waals surface area contributed by atoms with Crippen molar-refractivity contribution < 1.29 is 4.79 Å². The number of likely N-dealkylation sites (tertiary alicyclic amines) is 1. The molecule has 0 bridgehead atoms. The van der Waals surface area contributed by atoms with Gasteiger partial charge in [0.05, 0.1) is 0 Å². The number of hydrogen-bond acceptors (Lipinski definition) is 3. The summed E-state index contributed by atoms with van der Waals surface area (Å²) in [4.78, 5) is 14.9. The van der Waals surface area contributed by atoms with Gasteiger partial charge in [0.1, 0.15) is 0 Å². The van der Waals surface area contributed by atoms with Gasteiger partial charge in [-0.3, -0.25) is 9.69 Å². The lowest BCUT2D eigenvalue weighted by molar-refractivity contribution is 0.0951. The molecule has 2 aromatic rings. The lowest BCUT2D eigenvalue weighted by Crippen LogP contribution is -2.27. The van der Waals surface area contributed by atoms with Gasteiger partial charge in [0.2, 0.25) is 0 Å². The van der Waals surface area contributed by atoms with Crippen molar-refractivity contribution in [3.63, 3.8) is 0 Å². The van der Waals surface area contributed by atoms with Crippen LogP contribution in [-0.2, 0) is 13.1 Å². The van der Waals surface area contributed by atoms with E-state index in [1.807, 2.05) is 6.07 Å². The Balaban J connectivity index is 1.63. The smallest absolute Gasteiger partial charge is 0.251 e. The third-order valence-electron chi connectivity index (χ3n) is 4.80. The molecule has 1 amide bonds. The van der Waals surface area contributed by atoms with Gasteiger partial charge in [-0.15, -0.1) is 0 Å². The molecule has 25 heavy (non-hydrogen) atoms. The van der Waals surface area contributed by atoms with E-state index in [1.54, 1.807) is 24.3 Å². The number of amides is 1. The maximum atomic E-state index is 12.3. The number of hydrogen-bond donors (Lipinski definition) is 2. The predicted octanol–water partition coefficient (Wildman–Crippen LogP) is 3.57. The van der Waals surface area contributed by atoms with Crippen LogP contribution in [0.4, 0.5) is 5.69 Å². The molecule has 0 aromatic heterocycles. The minimum absolute atomic E-state index is 0.0862. The highest BCUT2D eigenvalue weighted by Crippen LogP contribution is 2.16. The van der Waals surface area contributed by atoms with Crippen molar-refractivity contribution in [2.45, 2.75) is 38.8 Å². The number of nitrogens with one attached hydrogen (secondary N) is 1. The number of nitrogen functional groups attached to an aromatic ring is 1. The number of benzene rings is 2. The zero-order valence-electron chi connectivity index (χ0n) is 14.7. The third-order valence-corrected chi connectivity index (χ3v) is 4.80. The zero-order valence-corrected chi connectivity index (χ0v) is 14.7. The third kappa shape index (κ3) is 5.07. The van der Waals surface area contributed by atoms with Crippen LogP contribution < -0.4 is 11.1 Å². The highest BCUT2D eigenvalue weighted by Gasteiger charge is 2.12. The van der Waals surface area contributed by atoms with Crippen molar-refractivity contribution in [2.24, 2.45) is 0 Å². The highest BCUT2D eigenvalue weighted by atomic mass is 16.1. The van der Waals surface area contributed by atoms with Crippen molar-refractivity contribution in [2.75, 3.05) is 18.8 Å². The molecule has 132 valence electrons. The second-order valence-electron chi connectivity index (χ2n) is 6.77. The maximum absolute atomic E-state index is 12.3. The van der Waals surface area contributed by atoms with Gasteiger partial charge in [-0.1, -0.05) is 43.2 Å². The number of carbonyl (C=O) groups excluding carboxylic acids is 1. The predicted molar refractivity (Wildman–Crippen MR) is 102 cm³/mol. The van der Waals surface area contributed by atoms with Crippen LogP contribution in [0.3, 0.4) is 0 Å². The first-order valence-electron chi connectivity index (χ1n) is 9.15. The molecule has 1 aliphatic rings. The van der Waals surface area contributed by atoms with Gasteiger partial charge in [-0.25, -0.2) is 0 Å². The second-order valence-corrected chi connectivity index (χ2v) is 6.77. The van der Waals surface area contributed by atoms with Crippen molar-refractivity contribution in [3.8, 4) is 0 Å². The standard InChI is InChI=1S/C21H27N3O/c22-20-11-7-10-17(14-20)21(25)23-15-18-8-3-4-9-19(18)16-24-12-5-1-2-6-13-24/h3-4,7-11,14H,1-2,5-6,12-13,15-16,22H2,(H,23,25). The number of carbonyl (C=O) groups is 1. The molecule has 3 rings (SSSR count). The molecule has 1 saturated heterocycles. The first-order valence-corrected chi connectivity index (χ1v) is 9.15. The molecule has 4 heteroatoms. The summed E-state index contributed by atoms with van der Waals surface area (Å²) in [5.74, 6) is -0.0862. The molecule has 0 atom stereocenters. The first-order chi connectivity index (χ1) is 12.2.